The lowest BCUT2D eigenvalue weighted by molar-refractivity contribution is 0.0565. The van der Waals surface area contributed by atoms with E-state index in [0.29, 0.717) is 30.8 Å². The highest BCUT2D eigenvalue weighted by atomic mass is 16.2. The number of hydrogen-bond donors (Lipinski definition) is 1. The van der Waals surface area contributed by atoms with Gasteiger partial charge >= 0.3 is 6.03 Å². The molecular weight excluding hydrogens is 318 g/mol. The van der Waals surface area contributed by atoms with Crippen molar-refractivity contribution in [2.75, 3.05) is 45.7 Å². The van der Waals surface area contributed by atoms with Crippen LogP contribution in [0.5, 0.6) is 0 Å². The normalized spacial score (nSPS) is 18.9. The number of nitrogens with zero attached hydrogens (tertiary/aromatic N) is 4. The lowest BCUT2D eigenvalue weighted by Crippen LogP contribution is -2.54. The average molecular weight is 341 g/mol. The van der Waals surface area contributed by atoms with E-state index in [-0.39, 0.29) is 17.5 Å². The van der Waals surface area contributed by atoms with Gasteiger partial charge in [-0.05, 0) is 31.0 Å². The molecule has 132 valence electrons. The van der Waals surface area contributed by atoms with Gasteiger partial charge in [-0.25, -0.2) is 4.79 Å². The summed E-state index contributed by atoms with van der Waals surface area (Å²) in [6.07, 6.45) is 1.51. The zero-order valence-corrected chi connectivity index (χ0v) is 14.9. The minimum Gasteiger partial charge on any atom is -0.378 e. The second kappa shape index (κ2) is 6.28. The Balaban J connectivity index is 1.76. The zero-order valence-electron chi connectivity index (χ0n) is 14.9. The van der Waals surface area contributed by atoms with Gasteiger partial charge in [0.25, 0.3) is 5.91 Å². The number of benzene rings is 1. The SMILES string of the molecule is CN(C)c1cc(C#N)cc(C(=O)N2CCC3(CC2)CNC(=O)N3C)c1. The Labute approximate surface area is 147 Å². The van der Waals surface area contributed by atoms with Crippen molar-refractivity contribution < 1.29 is 9.59 Å². The third-order valence-electron chi connectivity index (χ3n) is 5.38. The molecule has 2 aliphatic heterocycles. The molecule has 1 N–H and O–H groups in total. The molecule has 1 aromatic rings. The van der Waals surface area contributed by atoms with E-state index in [0.717, 1.165) is 18.5 Å². The maximum absolute atomic E-state index is 12.9. The molecule has 3 amide bonds. The van der Waals surface area contributed by atoms with Gasteiger partial charge in [-0.2, -0.15) is 5.26 Å². The number of anilines is 1. The lowest BCUT2D eigenvalue weighted by Gasteiger charge is -2.42. The second-order valence-corrected chi connectivity index (χ2v) is 7.01. The van der Waals surface area contributed by atoms with Gasteiger partial charge in [0.2, 0.25) is 0 Å². The summed E-state index contributed by atoms with van der Waals surface area (Å²) >= 11 is 0. The van der Waals surface area contributed by atoms with Gasteiger partial charge in [-0.1, -0.05) is 0 Å². The van der Waals surface area contributed by atoms with Gasteiger partial charge in [0.15, 0.2) is 0 Å². The van der Waals surface area contributed by atoms with Crippen molar-refractivity contribution in [2.45, 2.75) is 18.4 Å². The summed E-state index contributed by atoms with van der Waals surface area (Å²) in [5.74, 6) is -0.0602. The molecule has 0 radical (unpaired) electrons. The second-order valence-electron chi connectivity index (χ2n) is 7.01. The van der Waals surface area contributed by atoms with Crippen molar-refractivity contribution in [3.05, 3.63) is 29.3 Å². The number of piperidine rings is 1. The molecule has 7 heteroatoms. The maximum Gasteiger partial charge on any atom is 0.317 e. The Bertz CT molecular complexity index is 744. The van der Waals surface area contributed by atoms with Crippen molar-refractivity contribution >= 4 is 17.6 Å². The van der Waals surface area contributed by atoms with E-state index < -0.39 is 0 Å². The van der Waals surface area contributed by atoms with Crippen LogP contribution in [0.2, 0.25) is 0 Å². The Morgan fingerprint density at radius 2 is 1.96 bits per heavy atom. The number of likely N-dealkylation sites (tertiary alicyclic amines) is 1. The fraction of sp³-hybridized carbons (Fsp3) is 0.500. The molecule has 2 heterocycles. The number of nitriles is 1. The number of nitrogens with one attached hydrogen (secondary N) is 1. The summed E-state index contributed by atoms with van der Waals surface area (Å²) in [6.45, 7) is 1.84. The summed E-state index contributed by atoms with van der Waals surface area (Å²) in [5, 5.41) is 12.1. The van der Waals surface area contributed by atoms with Gasteiger partial charge in [-0.15, -0.1) is 0 Å². The topological polar surface area (TPSA) is 79.7 Å². The fourth-order valence-electron chi connectivity index (χ4n) is 3.57. The van der Waals surface area contributed by atoms with Crippen LogP contribution in [0.1, 0.15) is 28.8 Å². The number of likely N-dealkylation sites (N-methyl/N-ethyl adjacent to an activating group) is 1. The van der Waals surface area contributed by atoms with Gasteiger partial charge in [0.05, 0.1) is 17.2 Å². The molecule has 25 heavy (non-hydrogen) atoms. The Morgan fingerprint density at radius 1 is 1.28 bits per heavy atom. The lowest BCUT2D eigenvalue weighted by atomic mass is 9.87. The molecule has 0 saturated carbocycles. The van der Waals surface area contributed by atoms with Crippen molar-refractivity contribution in [3.63, 3.8) is 0 Å². The van der Waals surface area contributed by atoms with Gasteiger partial charge < -0.3 is 20.0 Å². The van der Waals surface area contributed by atoms with Crippen molar-refractivity contribution in [2.24, 2.45) is 0 Å². The number of urea groups is 1. The molecule has 0 unspecified atom stereocenters. The molecule has 1 spiro atoms. The van der Waals surface area contributed by atoms with Crippen LogP contribution in [-0.2, 0) is 0 Å². The predicted molar refractivity (Wildman–Crippen MR) is 94.5 cm³/mol. The minimum atomic E-state index is -0.183. The molecule has 1 aromatic carbocycles. The molecule has 0 aromatic heterocycles. The fourth-order valence-corrected chi connectivity index (χ4v) is 3.57. The Hall–Kier alpha value is -2.75. The van der Waals surface area contributed by atoms with E-state index in [1.807, 2.05) is 37.0 Å². The zero-order chi connectivity index (χ0) is 18.2. The smallest absolute Gasteiger partial charge is 0.317 e. The standard InChI is InChI=1S/C18H23N5O2/c1-21(2)15-9-13(11-19)8-14(10-15)16(24)23-6-4-18(5-7-23)12-20-17(25)22(18)3/h8-10H,4-7,12H2,1-3H3,(H,20,25). The summed E-state index contributed by atoms with van der Waals surface area (Å²) in [5.41, 5.74) is 1.67. The van der Waals surface area contributed by atoms with Gasteiger partial charge in [0, 0.05) is 52.0 Å². The van der Waals surface area contributed by atoms with Crippen LogP contribution >= 0.6 is 0 Å². The van der Waals surface area contributed by atoms with Gasteiger partial charge in [0.1, 0.15) is 0 Å². The van der Waals surface area contributed by atoms with E-state index in [9.17, 15) is 14.9 Å². The van der Waals surface area contributed by atoms with E-state index in [1.165, 1.54) is 0 Å². The summed E-state index contributed by atoms with van der Waals surface area (Å²) < 4.78 is 0. The quantitative estimate of drug-likeness (QED) is 0.878. The van der Waals surface area contributed by atoms with Crippen LogP contribution in [0.25, 0.3) is 0 Å². The molecule has 2 fully saturated rings. The summed E-state index contributed by atoms with van der Waals surface area (Å²) in [4.78, 5) is 30.1. The molecule has 2 saturated heterocycles. The van der Waals surface area contributed by atoms with Crippen LogP contribution in [-0.4, -0.2) is 68.1 Å². The first kappa shape index (κ1) is 17.1. The first-order chi connectivity index (χ1) is 11.9. The maximum atomic E-state index is 12.9. The highest BCUT2D eigenvalue weighted by Crippen LogP contribution is 2.31. The Morgan fingerprint density at radius 3 is 2.48 bits per heavy atom. The largest absolute Gasteiger partial charge is 0.378 e. The summed E-state index contributed by atoms with van der Waals surface area (Å²) in [6, 6.07) is 7.31. The monoisotopic (exact) mass is 341 g/mol. The van der Waals surface area contributed by atoms with E-state index in [4.69, 9.17) is 0 Å². The molecule has 0 atom stereocenters. The minimum absolute atomic E-state index is 0.0443. The third kappa shape index (κ3) is 3.00. The predicted octanol–water partition coefficient (Wildman–Crippen LogP) is 1.25. The summed E-state index contributed by atoms with van der Waals surface area (Å²) in [7, 11) is 5.59. The molecule has 0 bridgehead atoms. The van der Waals surface area contributed by atoms with Crippen molar-refractivity contribution in [1.82, 2.24) is 15.1 Å². The Kier molecular flexibility index (Phi) is 4.29. The van der Waals surface area contributed by atoms with E-state index >= 15 is 0 Å². The highest BCUT2D eigenvalue weighted by Gasteiger charge is 2.45. The number of rotatable bonds is 2. The third-order valence-corrected chi connectivity index (χ3v) is 5.38. The van der Waals surface area contributed by atoms with Crippen LogP contribution < -0.4 is 10.2 Å². The van der Waals surface area contributed by atoms with Crippen LogP contribution in [0.4, 0.5) is 10.5 Å². The molecule has 7 nitrogen and oxygen atoms in total. The number of hydrogen-bond acceptors (Lipinski definition) is 4. The number of carbonyl (C=O) groups excluding carboxylic acids is 2. The van der Waals surface area contributed by atoms with Crippen molar-refractivity contribution in [1.29, 1.82) is 5.26 Å². The van der Waals surface area contributed by atoms with Crippen molar-refractivity contribution in [3.8, 4) is 6.07 Å². The van der Waals surface area contributed by atoms with Gasteiger partial charge in [-0.3, -0.25) is 4.79 Å². The number of amides is 3. The molecule has 0 aliphatic carbocycles. The van der Waals surface area contributed by atoms with Crippen LogP contribution in [0.3, 0.4) is 0 Å². The average Bonchev–Trinajstić information content (AvgIpc) is 2.90. The first-order valence-corrected chi connectivity index (χ1v) is 8.40. The van der Waals surface area contributed by atoms with E-state index in [1.54, 1.807) is 17.0 Å². The highest BCUT2D eigenvalue weighted by molar-refractivity contribution is 5.95. The molecule has 3 rings (SSSR count). The van der Waals surface area contributed by atoms with Crippen LogP contribution in [0.15, 0.2) is 18.2 Å². The number of carbonyl (C=O) groups is 2. The molecule has 2 aliphatic rings. The van der Waals surface area contributed by atoms with Crippen LogP contribution in [0, 0.1) is 11.3 Å². The molecular formula is C18H23N5O2. The first-order valence-electron chi connectivity index (χ1n) is 8.40. The van der Waals surface area contributed by atoms with E-state index in [2.05, 4.69) is 11.4 Å².